The molecule has 0 atom stereocenters. The number of nitrogens with zero attached hydrogens (tertiary/aromatic N) is 3. The quantitative estimate of drug-likeness (QED) is 0.777. The Labute approximate surface area is 128 Å². The molecule has 0 spiro atoms. The number of hydrogen-bond donors (Lipinski definition) is 1. The lowest BCUT2D eigenvalue weighted by molar-refractivity contribution is -0.138. The van der Waals surface area contributed by atoms with E-state index in [1.54, 1.807) is 0 Å². The molecule has 4 nitrogen and oxygen atoms in total. The molecule has 0 aliphatic heterocycles. The van der Waals surface area contributed by atoms with Crippen LogP contribution in [0.5, 0.6) is 0 Å². The van der Waals surface area contributed by atoms with Gasteiger partial charge in [0.05, 0.1) is 11.3 Å². The fourth-order valence-electron chi connectivity index (χ4n) is 1.56. The van der Waals surface area contributed by atoms with Crippen molar-refractivity contribution in [3.63, 3.8) is 0 Å². The number of nitrogen functional groups attached to an aromatic ring is 1. The van der Waals surface area contributed by atoms with Gasteiger partial charge in [-0.25, -0.2) is 4.68 Å². The molecular formula is C11H5Br2F3N4. The highest BCUT2D eigenvalue weighted by molar-refractivity contribution is 9.11. The van der Waals surface area contributed by atoms with E-state index in [-0.39, 0.29) is 20.5 Å². The third-order valence-corrected chi connectivity index (χ3v) is 3.71. The van der Waals surface area contributed by atoms with E-state index in [4.69, 9.17) is 11.0 Å². The number of anilines is 1. The van der Waals surface area contributed by atoms with Gasteiger partial charge in [0, 0.05) is 15.0 Å². The molecule has 0 amide bonds. The molecule has 1 heterocycles. The third kappa shape index (κ3) is 2.66. The predicted molar refractivity (Wildman–Crippen MR) is 73.1 cm³/mol. The highest BCUT2D eigenvalue weighted by Gasteiger charge is 2.34. The smallest absolute Gasteiger partial charge is 0.384 e. The molecule has 104 valence electrons. The van der Waals surface area contributed by atoms with Crippen LogP contribution in [0.25, 0.3) is 5.69 Å². The summed E-state index contributed by atoms with van der Waals surface area (Å²) in [4.78, 5) is 0. The van der Waals surface area contributed by atoms with Crippen molar-refractivity contribution in [1.29, 1.82) is 5.26 Å². The monoisotopic (exact) mass is 408 g/mol. The van der Waals surface area contributed by atoms with E-state index < -0.39 is 11.7 Å². The first-order chi connectivity index (χ1) is 9.24. The van der Waals surface area contributed by atoms with Gasteiger partial charge in [-0.2, -0.15) is 23.5 Å². The molecule has 2 N–H and O–H groups in total. The van der Waals surface area contributed by atoms with Gasteiger partial charge in [0.1, 0.15) is 11.9 Å². The van der Waals surface area contributed by atoms with Crippen LogP contribution < -0.4 is 5.73 Å². The highest BCUT2D eigenvalue weighted by atomic mass is 79.9. The molecule has 0 saturated carbocycles. The molecule has 0 aliphatic carbocycles. The maximum absolute atomic E-state index is 12.8. The minimum atomic E-state index is -4.48. The number of hydrogen-bond acceptors (Lipinski definition) is 3. The summed E-state index contributed by atoms with van der Waals surface area (Å²) in [5.41, 5.74) is 5.23. The Morgan fingerprint density at radius 2 is 1.85 bits per heavy atom. The first-order valence-electron chi connectivity index (χ1n) is 5.06. The summed E-state index contributed by atoms with van der Waals surface area (Å²) in [5, 5.41) is 12.6. The van der Waals surface area contributed by atoms with Crippen LogP contribution in [0.15, 0.2) is 27.1 Å². The number of aromatic nitrogens is 2. The molecule has 1 aromatic carbocycles. The average Bonchev–Trinajstić information content (AvgIpc) is 2.71. The van der Waals surface area contributed by atoms with Crippen molar-refractivity contribution in [3.8, 4) is 11.8 Å². The van der Waals surface area contributed by atoms with E-state index in [1.165, 1.54) is 16.8 Å². The molecule has 2 rings (SSSR count). The van der Waals surface area contributed by atoms with Gasteiger partial charge in [-0.3, -0.25) is 0 Å². The Balaban J connectivity index is 2.62. The van der Waals surface area contributed by atoms with Crippen molar-refractivity contribution in [1.82, 2.24) is 9.78 Å². The molecule has 0 fully saturated rings. The molecule has 0 bridgehead atoms. The molecular weight excluding hydrogens is 405 g/mol. The van der Waals surface area contributed by atoms with E-state index in [1.807, 2.05) is 6.07 Å². The van der Waals surface area contributed by atoms with Gasteiger partial charge in [-0.1, -0.05) is 15.9 Å². The van der Waals surface area contributed by atoms with Crippen molar-refractivity contribution in [2.24, 2.45) is 0 Å². The number of rotatable bonds is 1. The maximum atomic E-state index is 12.8. The lowest BCUT2D eigenvalue weighted by atomic mass is 10.2. The predicted octanol–water partition coefficient (Wildman–Crippen LogP) is 3.87. The van der Waals surface area contributed by atoms with Crippen molar-refractivity contribution in [3.05, 3.63) is 38.4 Å². The number of alkyl halides is 3. The molecule has 0 radical (unpaired) electrons. The Kier molecular flexibility index (Phi) is 3.80. The summed E-state index contributed by atoms with van der Waals surface area (Å²) in [7, 11) is 0. The van der Waals surface area contributed by atoms with Crippen molar-refractivity contribution < 1.29 is 13.2 Å². The van der Waals surface area contributed by atoms with Gasteiger partial charge in [0.15, 0.2) is 5.69 Å². The van der Waals surface area contributed by atoms with Gasteiger partial charge < -0.3 is 5.73 Å². The fourth-order valence-corrected chi connectivity index (χ4v) is 2.63. The Morgan fingerprint density at radius 3 is 2.35 bits per heavy atom. The average molecular weight is 410 g/mol. The lowest BCUT2D eigenvalue weighted by Crippen LogP contribution is -2.09. The first-order valence-corrected chi connectivity index (χ1v) is 6.65. The second kappa shape index (κ2) is 5.10. The zero-order valence-corrected chi connectivity index (χ0v) is 12.7. The van der Waals surface area contributed by atoms with E-state index in [2.05, 4.69) is 37.0 Å². The fraction of sp³-hybridized carbons (Fsp3) is 0.0909. The maximum Gasteiger partial charge on any atom is 0.417 e. The minimum Gasteiger partial charge on any atom is -0.384 e. The number of halogens is 5. The number of benzene rings is 1. The van der Waals surface area contributed by atoms with Crippen LogP contribution in [0.2, 0.25) is 0 Å². The Hall–Kier alpha value is -1.53. The van der Waals surface area contributed by atoms with Crippen molar-refractivity contribution in [2.75, 3.05) is 5.73 Å². The second-order valence-electron chi connectivity index (χ2n) is 3.76. The van der Waals surface area contributed by atoms with Gasteiger partial charge in [0.25, 0.3) is 0 Å². The zero-order chi connectivity index (χ0) is 15.1. The third-order valence-electron chi connectivity index (χ3n) is 2.42. The topological polar surface area (TPSA) is 67.6 Å². The first kappa shape index (κ1) is 14.9. The van der Waals surface area contributed by atoms with Crippen LogP contribution in [-0.4, -0.2) is 9.78 Å². The largest absolute Gasteiger partial charge is 0.417 e. The molecule has 0 unspecified atom stereocenters. The standard InChI is InChI=1S/C11H5Br2F3N4/c12-7-3-9(8(13)2-6(7)11(14,15)16)20-10(18)1-5(4-17)19-20/h1-3H,18H2. The van der Waals surface area contributed by atoms with E-state index >= 15 is 0 Å². The van der Waals surface area contributed by atoms with Gasteiger partial charge in [0.2, 0.25) is 0 Å². The SMILES string of the molecule is N#Cc1cc(N)n(-c2cc(Br)c(C(F)(F)F)cc2Br)n1. The number of nitrogens with two attached hydrogens (primary N) is 1. The Morgan fingerprint density at radius 1 is 1.20 bits per heavy atom. The summed E-state index contributed by atoms with van der Waals surface area (Å²) in [5.74, 6) is 0.147. The molecule has 1 aromatic heterocycles. The summed E-state index contributed by atoms with van der Waals surface area (Å²) in [6.07, 6.45) is -4.48. The summed E-state index contributed by atoms with van der Waals surface area (Å²) in [6.45, 7) is 0. The molecule has 2 aromatic rings. The van der Waals surface area contributed by atoms with E-state index in [0.29, 0.717) is 5.69 Å². The van der Waals surface area contributed by atoms with Crippen molar-refractivity contribution >= 4 is 37.7 Å². The van der Waals surface area contributed by atoms with Crippen molar-refractivity contribution in [2.45, 2.75) is 6.18 Å². The van der Waals surface area contributed by atoms with Gasteiger partial charge in [-0.05, 0) is 28.1 Å². The van der Waals surface area contributed by atoms with Crippen LogP contribution >= 0.6 is 31.9 Å². The minimum absolute atomic E-state index is 0.0745. The second-order valence-corrected chi connectivity index (χ2v) is 5.47. The molecule has 20 heavy (non-hydrogen) atoms. The van der Waals surface area contributed by atoms with E-state index in [0.717, 1.165) is 6.07 Å². The summed E-state index contributed by atoms with van der Waals surface area (Å²) >= 11 is 5.93. The Bertz CT molecular complexity index is 716. The molecule has 0 aliphatic rings. The van der Waals surface area contributed by atoms with E-state index in [9.17, 15) is 13.2 Å². The highest BCUT2D eigenvalue weighted by Crippen LogP contribution is 2.39. The number of nitriles is 1. The normalized spacial score (nSPS) is 11.4. The van der Waals surface area contributed by atoms with Crippen LogP contribution in [0.4, 0.5) is 19.0 Å². The van der Waals surface area contributed by atoms with Crippen LogP contribution in [0.3, 0.4) is 0 Å². The van der Waals surface area contributed by atoms with Crippen LogP contribution in [0.1, 0.15) is 11.3 Å². The van der Waals surface area contributed by atoms with Gasteiger partial charge in [-0.15, -0.1) is 0 Å². The summed E-state index contributed by atoms with van der Waals surface area (Å²) in [6, 6.07) is 5.30. The van der Waals surface area contributed by atoms with Crippen LogP contribution in [0, 0.1) is 11.3 Å². The van der Waals surface area contributed by atoms with Gasteiger partial charge >= 0.3 is 6.18 Å². The summed E-state index contributed by atoms with van der Waals surface area (Å²) < 4.78 is 39.5. The lowest BCUT2D eigenvalue weighted by Gasteiger charge is -2.13. The molecule has 0 saturated heterocycles. The molecule has 9 heteroatoms. The van der Waals surface area contributed by atoms with Crippen LogP contribution in [-0.2, 0) is 6.18 Å². The zero-order valence-electron chi connectivity index (χ0n) is 9.54.